The highest BCUT2D eigenvalue weighted by Crippen LogP contribution is 2.28. The van der Waals surface area contributed by atoms with Gasteiger partial charge in [0, 0.05) is 12.7 Å². The summed E-state index contributed by atoms with van der Waals surface area (Å²) in [6.45, 7) is 6.75. The molecule has 1 aromatic carbocycles. The number of hydrogen-bond donors (Lipinski definition) is 3. The molecule has 0 saturated carbocycles. The summed E-state index contributed by atoms with van der Waals surface area (Å²) in [5.74, 6) is 1.17. The van der Waals surface area contributed by atoms with Crippen molar-refractivity contribution in [2.75, 3.05) is 13.7 Å². The van der Waals surface area contributed by atoms with Crippen molar-refractivity contribution in [1.82, 2.24) is 16.0 Å². The van der Waals surface area contributed by atoms with E-state index in [0.717, 1.165) is 17.0 Å². The highest BCUT2D eigenvalue weighted by atomic mass is 32.1. The van der Waals surface area contributed by atoms with Crippen LogP contribution in [0.5, 0.6) is 5.75 Å². The summed E-state index contributed by atoms with van der Waals surface area (Å²) in [6.07, 6.45) is 0. The molecule has 5 nitrogen and oxygen atoms in total. The number of carbonyl (C=O) groups is 1. The average molecular weight is 333 g/mol. The van der Waals surface area contributed by atoms with Crippen LogP contribution < -0.4 is 20.7 Å². The van der Waals surface area contributed by atoms with Gasteiger partial charge in [-0.3, -0.25) is 4.79 Å². The molecule has 0 radical (unpaired) electrons. The summed E-state index contributed by atoms with van der Waals surface area (Å²) in [7, 11) is 1.62. The second-order valence-corrected chi connectivity index (χ2v) is 6.33. The van der Waals surface area contributed by atoms with Crippen LogP contribution in [0.3, 0.4) is 0 Å². The minimum absolute atomic E-state index is 0.130. The van der Waals surface area contributed by atoms with Crippen LogP contribution in [-0.2, 0) is 4.79 Å². The third kappa shape index (κ3) is 4.22. The molecule has 1 heterocycles. The van der Waals surface area contributed by atoms with Gasteiger partial charge in [0.2, 0.25) is 0 Å². The Hall–Kier alpha value is -2.08. The van der Waals surface area contributed by atoms with Gasteiger partial charge in [-0.05, 0) is 42.8 Å². The number of amides is 1. The number of ether oxygens (including phenoxy) is 1. The number of allylic oxidation sites excluding steroid dienone is 1. The molecular weight excluding hydrogens is 310 g/mol. The summed E-state index contributed by atoms with van der Waals surface area (Å²) in [5, 5.41) is 9.35. The quantitative estimate of drug-likeness (QED) is 0.722. The standard InChI is InChI=1S/C17H23N3O2S/c1-10(2)9-22-13-7-5-12(6-8-13)15-14(16(21)18-4)11(3)19-17(23)20-15/h5-8,10,15H,9H2,1-4H3,(H,18,21)(H2,19,20,23)/t15-/m1/s1. The van der Waals surface area contributed by atoms with E-state index >= 15 is 0 Å². The first-order valence-corrected chi connectivity index (χ1v) is 8.06. The lowest BCUT2D eigenvalue weighted by atomic mass is 9.95. The number of carbonyl (C=O) groups excluding carboxylic acids is 1. The van der Waals surface area contributed by atoms with Crippen LogP contribution in [-0.4, -0.2) is 24.7 Å². The average Bonchev–Trinajstić information content (AvgIpc) is 2.52. The number of benzene rings is 1. The largest absolute Gasteiger partial charge is 0.493 e. The third-order valence-electron chi connectivity index (χ3n) is 3.54. The Kier molecular flexibility index (Phi) is 5.60. The van der Waals surface area contributed by atoms with Crippen molar-refractivity contribution in [2.24, 2.45) is 5.92 Å². The summed E-state index contributed by atoms with van der Waals surface area (Å²) in [4.78, 5) is 12.2. The first kappa shape index (κ1) is 17.3. The Morgan fingerprint density at radius 1 is 1.35 bits per heavy atom. The molecule has 124 valence electrons. The van der Waals surface area contributed by atoms with E-state index in [1.165, 1.54) is 0 Å². The lowest BCUT2D eigenvalue weighted by Gasteiger charge is -2.30. The predicted molar refractivity (Wildman–Crippen MR) is 95.2 cm³/mol. The second-order valence-electron chi connectivity index (χ2n) is 5.92. The molecule has 2 rings (SSSR count). The van der Waals surface area contributed by atoms with Crippen LogP contribution >= 0.6 is 12.2 Å². The van der Waals surface area contributed by atoms with E-state index in [9.17, 15) is 4.79 Å². The van der Waals surface area contributed by atoms with Crippen molar-refractivity contribution in [1.29, 1.82) is 0 Å². The number of nitrogens with one attached hydrogen (secondary N) is 3. The van der Waals surface area contributed by atoms with E-state index in [2.05, 4.69) is 29.8 Å². The zero-order chi connectivity index (χ0) is 17.0. The van der Waals surface area contributed by atoms with Crippen molar-refractivity contribution in [3.63, 3.8) is 0 Å². The third-order valence-corrected chi connectivity index (χ3v) is 3.76. The van der Waals surface area contributed by atoms with Gasteiger partial charge < -0.3 is 20.7 Å². The molecule has 1 aliphatic rings. The van der Waals surface area contributed by atoms with Gasteiger partial charge in [-0.15, -0.1) is 0 Å². The summed E-state index contributed by atoms with van der Waals surface area (Å²) in [5.41, 5.74) is 2.36. The Balaban J connectivity index is 2.26. The van der Waals surface area contributed by atoms with Crippen LogP contribution in [0.4, 0.5) is 0 Å². The summed E-state index contributed by atoms with van der Waals surface area (Å²) >= 11 is 5.22. The SMILES string of the molecule is CNC(=O)C1=C(C)NC(=S)N[C@@H]1c1ccc(OCC(C)C)cc1. The van der Waals surface area contributed by atoms with Crippen molar-refractivity contribution in [3.05, 3.63) is 41.1 Å². The second kappa shape index (κ2) is 7.46. The van der Waals surface area contributed by atoms with E-state index in [0.29, 0.717) is 23.2 Å². The van der Waals surface area contributed by atoms with Crippen molar-refractivity contribution in [2.45, 2.75) is 26.8 Å². The van der Waals surface area contributed by atoms with Crippen LogP contribution in [0.15, 0.2) is 35.5 Å². The van der Waals surface area contributed by atoms with Crippen LogP contribution in [0.25, 0.3) is 0 Å². The minimum atomic E-state index is -0.275. The molecule has 0 aromatic heterocycles. The zero-order valence-electron chi connectivity index (χ0n) is 13.9. The van der Waals surface area contributed by atoms with Gasteiger partial charge >= 0.3 is 0 Å². The fraction of sp³-hybridized carbons (Fsp3) is 0.412. The van der Waals surface area contributed by atoms with Gasteiger partial charge in [0.25, 0.3) is 5.91 Å². The Morgan fingerprint density at radius 2 is 2.00 bits per heavy atom. The number of thiocarbonyl (C=S) groups is 1. The molecule has 1 aromatic rings. The van der Waals surface area contributed by atoms with Crippen molar-refractivity contribution < 1.29 is 9.53 Å². The van der Waals surface area contributed by atoms with Crippen LogP contribution in [0.1, 0.15) is 32.4 Å². The molecule has 1 aliphatic heterocycles. The molecule has 0 spiro atoms. The highest BCUT2D eigenvalue weighted by molar-refractivity contribution is 7.80. The summed E-state index contributed by atoms with van der Waals surface area (Å²) < 4.78 is 5.70. The smallest absolute Gasteiger partial charge is 0.251 e. The molecule has 1 amide bonds. The van der Waals surface area contributed by atoms with E-state index in [4.69, 9.17) is 17.0 Å². The predicted octanol–water partition coefficient (Wildman–Crippen LogP) is 2.26. The normalized spacial score (nSPS) is 17.6. The van der Waals surface area contributed by atoms with Gasteiger partial charge in [0.05, 0.1) is 18.2 Å². The van der Waals surface area contributed by atoms with Gasteiger partial charge in [-0.2, -0.15) is 0 Å². The van der Waals surface area contributed by atoms with Gasteiger partial charge in [-0.25, -0.2) is 0 Å². The van der Waals surface area contributed by atoms with Crippen LogP contribution in [0, 0.1) is 5.92 Å². The zero-order valence-corrected chi connectivity index (χ0v) is 14.7. The Morgan fingerprint density at radius 3 is 2.57 bits per heavy atom. The number of hydrogen-bond acceptors (Lipinski definition) is 3. The number of rotatable bonds is 5. The molecule has 0 aliphatic carbocycles. The number of likely N-dealkylation sites (N-methyl/N-ethyl adjacent to an activating group) is 1. The first-order chi connectivity index (χ1) is 10.9. The lowest BCUT2D eigenvalue weighted by Crippen LogP contribution is -2.46. The van der Waals surface area contributed by atoms with Crippen molar-refractivity contribution in [3.8, 4) is 5.75 Å². The monoisotopic (exact) mass is 333 g/mol. The van der Waals surface area contributed by atoms with E-state index in [1.54, 1.807) is 7.05 Å². The molecule has 0 bridgehead atoms. The van der Waals surface area contributed by atoms with E-state index in [-0.39, 0.29) is 11.9 Å². The van der Waals surface area contributed by atoms with Crippen molar-refractivity contribution >= 4 is 23.2 Å². The van der Waals surface area contributed by atoms with Crippen LogP contribution in [0.2, 0.25) is 0 Å². The topological polar surface area (TPSA) is 62.4 Å². The lowest BCUT2D eigenvalue weighted by molar-refractivity contribution is -0.117. The fourth-order valence-electron chi connectivity index (χ4n) is 2.40. The fourth-order valence-corrected chi connectivity index (χ4v) is 2.67. The van der Waals surface area contributed by atoms with Gasteiger partial charge in [-0.1, -0.05) is 26.0 Å². The molecule has 23 heavy (non-hydrogen) atoms. The Bertz CT molecular complexity index is 623. The van der Waals surface area contributed by atoms with Gasteiger partial charge in [0.1, 0.15) is 5.75 Å². The minimum Gasteiger partial charge on any atom is -0.493 e. The molecule has 0 saturated heterocycles. The first-order valence-electron chi connectivity index (χ1n) is 7.65. The molecule has 3 N–H and O–H groups in total. The molecular formula is C17H23N3O2S. The Labute approximate surface area is 142 Å². The maximum atomic E-state index is 12.2. The van der Waals surface area contributed by atoms with E-state index in [1.807, 2.05) is 31.2 Å². The van der Waals surface area contributed by atoms with E-state index < -0.39 is 0 Å². The summed E-state index contributed by atoms with van der Waals surface area (Å²) in [6, 6.07) is 7.47. The maximum Gasteiger partial charge on any atom is 0.251 e. The molecule has 1 atom stereocenters. The molecule has 0 fully saturated rings. The van der Waals surface area contributed by atoms with Gasteiger partial charge in [0.15, 0.2) is 5.11 Å². The maximum absolute atomic E-state index is 12.2. The molecule has 0 unspecified atom stereocenters. The highest BCUT2D eigenvalue weighted by Gasteiger charge is 2.29. The molecule has 6 heteroatoms.